The van der Waals surface area contributed by atoms with Gasteiger partial charge < -0.3 is 15.1 Å². The van der Waals surface area contributed by atoms with Crippen LogP contribution in [-0.2, 0) is 13.0 Å². The highest BCUT2D eigenvalue weighted by Crippen LogP contribution is 2.22. The van der Waals surface area contributed by atoms with E-state index in [9.17, 15) is 0 Å². The smallest absolute Gasteiger partial charge is 0.315 e. The molecule has 0 atom stereocenters. The third-order valence-electron chi connectivity index (χ3n) is 2.45. The molecule has 0 aliphatic rings. The van der Waals surface area contributed by atoms with Gasteiger partial charge in [-0.2, -0.15) is 0 Å². The standard InChI is InChI=1S/C12H17BrN4OS/c1-2-6-14-8-11-16-17-12(18-11)15-7-5-9-3-4-10(13)19-9/h3-4,14H,2,5-8H2,1H3,(H,15,17). The van der Waals surface area contributed by atoms with Crippen molar-refractivity contribution in [2.45, 2.75) is 26.3 Å². The summed E-state index contributed by atoms with van der Waals surface area (Å²) in [6.45, 7) is 4.49. The van der Waals surface area contributed by atoms with Crippen LogP contribution in [-0.4, -0.2) is 23.3 Å². The first-order chi connectivity index (χ1) is 9.28. The monoisotopic (exact) mass is 344 g/mol. The number of thiophene rings is 1. The molecule has 7 heteroatoms. The van der Waals surface area contributed by atoms with Gasteiger partial charge in [-0.1, -0.05) is 12.0 Å². The van der Waals surface area contributed by atoms with E-state index >= 15 is 0 Å². The third kappa shape index (κ3) is 4.93. The van der Waals surface area contributed by atoms with Crippen molar-refractivity contribution in [3.8, 4) is 0 Å². The molecule has 0 aliphatic heterocycles. The molecule has 0 saturated heterocycles. The lowest BCUT2D eigenvalue weighted by Crippen LogP contribution is -2.13. The Balaban J connectivity index is 1.71. The molecule has 104 valence electrons. The van der Waals surface area contributed by atoms with Gasteiger partial charge in [0.1, 0.15) is 0 Å². The van der Waals surface area contributed by atoms with Crippen molar-refractivity contribution in [2.75, 3.05) is 18.4 Å². The summed E-state index contributed by atoms with van der Waals surface area (Å²) < 4.78 is 6.63. The van der Waals surface area contributed by atoms with Crippen LogP contribution in [0.3, 0.4) is 0 Å². The molecule has 0 radical (unpaired) electrons. The van der Waals surface area contributed by atoms with E-state index in [1.54, 1.807) is 11.3 Å². The van der Waals surface area contributed by atoms with Crippen LogP contribution in [0.1, 0.15) is 24.1 Å². The summed E-state index contributed by atoms with van der Waals surface area (Å²) in [5.41, 5.74) is 0. The molecule has 0 aromatic carbocycles. The molecule has 2 N–H and O–H groups in total. The fourth-order valence-corrected chi connectivity index (χ4v) is 3.03. The normalized spacial score (nSPS) is 10.8. The van der Waals surface area contributed by atoms with Gasteiger partial charge in [-0.25, -0.2) is 0 Å². The van der Waals surface area contributed by atoms with Crippen LogP contribution in [0.25, 0.3) is 0 Å². The summed E-state index contributed by atoms with van der Waals surface area (Å²) in [4.78, 5) is 1.32. The lowest BCUT2D eigenvalue weighted by atomic mass is 10.3. The van der Waals surface area contributed by atoms with Crippen molar-refractivity contribution < 1.29 is 4.42 Å². The minimum absolute atomic E-state index is 0.490. The number of nitrogens with zero attached hydrogens (tertiary/aromatic N) is 2. The van der Waals surface area contributed by atoms with E-state index in [0.29, 0.717) is 18.5 Å². The molecule has 2 aromatic rings. The Bertz CT molecular complexity index is 499. The summed E-state index contributed by atoms with van der Waals surface area (Å²) in [5, 5.41) is 14.3. The van der Waals surface area contributed by atoms with Gasteiger partial charge in [-0.15, -0.1) is 16.4 Å². The zero-order valence-electron chi connectivity index (χ0n) is 10.8. The summed E-state index contributed by atoms with van der Waals surface area (Å²) in [7, 11) is 0. The molecule has 2 aromatic heterocycles. The maximum atomic E-state index is 5.47. The fourth-order valence-electron chi connectivity index (χ4n) is 1.55. The zero-order chi connectivity index (χ0) is 13.5. The van der Waals surface area contributed by atoms with Crippen molar-refractivity contribution >= 4 is 33.3 Å². The predicted molar refractivity (Wildman–Crippen MR) is 80.5 cm³/mol. The quantitative estimate of drug-likeness (QED) is 0.720. The maximum Gasteiger partial charge on any atom is 0.315 e. The van der Waals surface area contributed by atoms with Gasteiger partial charge in [0, 0.05) is 11.4 Å². The zero-order valence-corrected chi connectivity index (χ0v) is 13.2. The second-order valence-corrected chi connectivity index (χ2v) is 6.61. The number of nitrogens with one attached hydrogen (secondary N) is 2. The lowest BCUT2D eigenvalue weighted by molar-refractivity contribution is 0.477. The molecule has 19 heavy (non-hydrogen) atoms. The summed E-state index contributed by atoms with van der Waals surface area (Å²) in [5.74, 6) is 0.620. The molecule has 5 nitrogen and oxygen atoms in total. The van der Waals surface area contributed by atoms with E-state index in [0.717, 1.165) is 29.7 Å². The van der Waals surface area contributed by atoms with E-state index in [1.807, 2.05) is 0 Å². The molecular formula is C12H17BrN4OS. The molecule has 2 heterocycles. The Morgan fingerprint density at radius 2 is 2.21 bits per heavy atom. The van der Waals surface area contributed by atoms with Gasteiger partial charge >= 0.3 is 6.01 Å². The van der Waals surface area contributed by atoms with E-state index in [4.69, 9.17) is 4.42 Å². The van der Waals surface area contributed by atoms with Gasteiger partial charge in [-0.05, 0) is 47.4 Å². The lowest BCUT2D eigenvalue weighted by Gasteiger charge is -1.99. The van der Waals surface area contributed by atoms with Gasteiger partial charge in [0.25, 0.3) is 0 Å². The highest BCUT2D eigenvalue weighted by Gasteiger charge is 2.05. The highest BCUT2D eigenvalue weighted by atomic mass is 79.9. The minimum Gasteiger partial charge on any atom is -0.407 e. The molecule has 0 saturated carbocycles. The number of rotatable bonds is 8. The largest absolute Gasteiger partial charge is 0.407 e. The fraction of sp³-hybridized carbons (Fsp3) is 0.500. The number of aromatic nitrogens is 2. The number of hydrogen-bond donors (Lipinski definition) is 2. The van der Waals surface area contributed by atoms with Crippen molar-refractivity contribution in [1.29, 1.82) is 0 Å². The van der Waals surface area contributed by atoms with Crippen molar-refractivity contribution in [1.82, 2.24) is 15.5 Å². The summed E-state index contributed by atoms with van der Waals surface area (Å²) in [6, 6.07) is 4.66. The Hall–Kier alpha value is -0.920. The molecule has 0 bridgehead atoms. The van der Waals surface area contributed by atoms with Crippen molar-refractivity contribution in [3.05, 3.63) is 26.7 Å². The van der Waals surface area contributed by atoms with Crippen LogP contribution in [0, 0.1) is 0 Å². The van der Waals surface area contributed by atoms with E-state index < -0.39 is 0 Å². The van der Waals surface area contributed by atoms with Crippen LogP contribution in [0.15, 0.2) is 20.3 Å². The number of anilines is 1. The second kappa shape index (κ2) is 7.62. The average molecular weight is 345 g/mol. The molecule has 0 amide bonds. The summed E-state index contributed by atoms with van der Waals surface area (Å²) >= 11 is 5.19. The Morgan fingerprint density at radius 1 is 1.32 bits per heavy atom. The second-order valence-electron chi connectivity index (χ2n) is 4.06. The summed E-state index contributed by atoms with van der Waals surface area (Å²) in [6.07, 6.45) is 2.04. The molecular weight excluding hydrogens is 328 g/mol. The first kappa shape index (κ1) is 14.5. The SMILES string of the molecule is CCCNCc1nnc(NCCc2ccc(Br)s2)o1. The molecule has 0 unspecified atom stereocenters. The van der Waals surface area contributed by atoms with Crippen LogP contribution >= 0.6 is 27.3 Å². The van der Waals surface area contributed by atoms with Crippen LogP contribution in [0.5, 0.6) is 0 Å². The molecule has 0 aliphatic carbocycles. The van der Waals surface area contributed by atoms with E-state index in [1.165, 1.54) is 4.88 Å². The Kier molecular flexibility index (Phi) is 5.81. The highest BCUT2D eigenvalue weighted by molar-refractivity contribution is 9.11. The van der Waals surface area contributed by atoms with Gasteiger partial charge in [0.15, 0.2) is 0 Å². The van der Waals surface area contributed by atoms with Crippen molar-refractivity contribution in [2.24, 2.45) is 0 Å². The molecule has 0 spiro atoms. The first-order valence-corrected chi connectivity index (χ1v) is 7.90. The van der Waals surface area contributed by atoms with E-state index in [2.05, 4.69) is 55.8 Å². The van der Waals surface area contributed by atoms with Gasteiger partial charge in [0.2, 0.25) is 5.89 Å². The third-order valence-corrected chi connectivity index (χ3v) is 4.13. The Morgan fingerprint density at radius 3 is 2.95 bits per heavy atom. The number of hydrogen-bond acceptors (Lipinski definition) is 6. The Labute approximate surface area is 124 Å². The van der Waals surface area contributed by atoms with Crippen LogP contribution < -0.4 is 10.6 Å². The maximum absolute atomic E-state index is 5.47. The number of halogens is 1. The van der Waals surface area contributed by atoms with Crippen LogP contribution in [0.2, 0.25) is 0 Å². The topological polar surface area (TPSA) is 63.0 Å². The molecule has 0 fully saturated rings. The van der Waals surface area contributed by atoms with Gasteiger partial charge in [-0.3, -0.25) is 0 Å². The predicted octanol–water partition coefficient (Wildman–Crippen LogP) is 3.05. The minimum atomic E-state index is 0.490. The van der Waals surface area contributed by atoms with E-state index in [-0.39, 0.29) is 0 Å². The van der Waals surface area contributed by atoms with Crippen LogP contribution in [0.4, 0.5) is 6.01 Å². The first-order valence-electron chi connectivity index (χ1n) is 6.29. The molecule has 2 rings (SSSR count). The van der Waals surface area contributed by atoms with Crippen molar-refractivity contribution in [3.63, 3.8) is 0 Å². The average Bonchev–Trinajstić information content (AvgIpc) is 3.00. The van der Waals surface area contributed by atoms with Gasteiger partial charge in [0.05, 0.1) is 10.3 Å².